The highest BCUT2D eigenvalue weighted by Crippen LogP contribution is 2.24. The minimum atomic E-state index is -3.49. The minimum Gasteiger partial charge on any atom is -0.360 e. The molecule has 114 valence electrons. The Kier molecular flexibility index (Phi) is 4.70. The lowest BCUT2D eigenvalue weighted by atomic mass is 10.1. The van der Waals surface area contributed by atoms with Gasteiger partial charge in [0.05, 0.1) is 5.69 Å². The van der Waals surface area contributed by atoms with Crippen molar-refractivity contribution < 1.29 is 12.9 Å². The molecule has 0 aliphatic heterocycles. The number of aromatic nitrogens is 1. The van der Waals surface area contributed by atoms with Gasteiger partial charge in [-0.15, -0.1) is 0 Å². The fourth-order valence-corrected chi connectivity index (χ4v) is 3.39. The fraction of sp³-hybridized carbons (Fsp3) is 0.357. The number of hydrogen-bond acceptors (Lipinski definition) is 4. The molecule has 1 aromatic heterocycles. The summed E-state index contributed by atoms with van der Waals surface area (Å²) in [7, 11) is -1.94. The average molecular weight is 329 g/mol. The van der Waals surface area contributed by atoms with Crippen LogP contribution in [0.15, 0.2) is 34.9 Å². The van der Waals surface area contributed by atoms with Gasteiger partial charge in [-0.3, -0.25) is 0 Å². The molecule has 1 aromatic carbocycles. The summed E-state index contributed by atoms with van der Waals surface area (Å²) >= 11 is 5.84. The van der Waals surface area contributed by atoms with E-state index in [1.807, 2.05) is 19.1 Å². The number of hydrogen-bond donors (Lipinski definition) is 0. The highest BCUT2D eigenvalue weighted by Gasteiger charge is 2.26. The largest absolute Gasteiger partial charge is 0.360 e. The van der Waals surface area contributed by atoms with Crippen molar-refractivity contribution in [2.75, 3.05) is 7.05 Å². The van der Waals surface area contributed by atoms with Gasteiger partial charge in [0.1, 0.15) is 5.75 Å². The minimum absolute atomic E-state index is 0.206. The van der Waals surface area contributed by atoms with Crippen LogP contribution < -0.4 is 0 Å². The Labute approximate surface area is 129 Å². The van der Waals surface area contributed by atoms with Gasteiger partial charge in [-0.25, -0.2) is 8.42 Å². The molecular weight excluding hydrogens is 312 g/mol. The molecule has 0 spiro atoms. The van der Waals surface area contributed by atoms with Gasteiger partial charge in [-0.2, -0.15) is 4.31 Å². The van der Waals surface area contributed by atoms with Crippen molar-refractivity contribution in [3.63, 3.8) is 0 Å². The van der Waals surface area contributed by atoms with Gasteiger partial charge in [0.25, 0.3) is 0 Å². The highest BCUT2D eigenvalue weighted by molar-refractivity contribution is 7.88. The van der Waals surface area contributed by atoms with Crippen LogP contribution in [0.25, 0.3) is 0 Å². The first-order valence-corrected chi connectivity index (χ1v) is 8.41. The third-order valence-electron chi connectivity index (χ3n) is 3.34. The van der Waals surface area contributed by atoms with Crippen molar-refractivity contribution in [3.8, 4) is 0 Å². The molecule has 0 aliphatic rings. The zero-order valence-corrected chi connectivity index (χ0v) is 13.6. The van der Waals surface area contributed by atoms with E-state index in [1.54, 1.807) is 32.2 Å². The monoisotopic (exact) mass is 328 g/mol. The highest BCUT2D eigenvalue weighted by atomic mass is 35.5. The smallest absolute Gasteiger partial charge is 0.221 e. The van der Waals surface area contributed by atoms with Crippen LogP contribution in [0.4, 0.5) is 0 Å². The SMILES string of the molecule is Cc1cc(CS(=O)(=O)N(C)[C@H](C)c2ccc(Cl)cc2)on1. The van der Waals surface area contributed by atoms with E-state index in [-0.39, 0.29) is 11.8 Å². The van der Waals surface area contributed by atoms with Gasteiger partial charge in [0.15, 0.2) is 5.76 Å². The predicted molar refractivity (Wildman–Crippen MR) is 81.5 cm³/mol. The van der Waals surface area contributed by atoms with Crippen molar-refractivity contribution in [3.05, 3.63) is 52.4 Å². The molecule has 21 heavy (non-hydrogen) atoms. The topological polar surface area (TPSA) is 63.4 Å². The van der Waals surface area contributed by atoms with Crippen LogP contribution in [-0.4, -0.2) is 24.9 Å². The Morgan fingerprint density at radius 3 is 2.48 bits per heavy atom. The van der Waals surface area contributed by atoms with Gasteiger partial charge in [-0.1, -0.05) is 28.9 Å². The molecule has 7 heteroatoms. The molecule has 1 atom stereocenters. The Morgan fingerprint density at radius 2 is 1.95 bits per heavy atom. The van der Waals surface area contributed by atoms with Crippen molar-refractivity contribution in [2.24, 2.45) is 0 Å². The van der Waals surface area contributed by atoms with Crippen LogP contribution in [0.5, 0.6) is 0 Å². The molecule has 0 bridgehead atoms. The summed E-state index contributed by atoms with van der Waals surface area (Å²) in [5.74, 6) is 0.130. The Hall–Kier alpha value is -1.37. The molecule has 0 saturated heterocycles. The Bertz CT molecular complexity index is 710. The second-order valence-corrected chi connectivity index (χ2v) is 7.40. The van der Waals surface area contributed by atoms with E-state index in [1.165, 1.54) is 4.31 Å². The maximum atomic E-state index is 12.4. The average Bonchev–Trinajstić information content (AvgIpc) is 2.82. The van der Waals surface area contributed by atoms with Crippen LogP contribution in [0, 0.1) is 6.92 Å². The number of benzene rings is 1. The molecule has 5 nitrogen and oxygen atoms in total. The van der Waals surface area contributed by atoms with E-state index in [0.29, 0.717) is 16.5 Å². The van der Waals surface area contributed by atoms with Gasteiger partial charge in [0.2, 0.25) is 10.0 Å². The number of sulfonamides is 1. The summed E-state index contributed by atoms with van der Waals surface area (Å²) in [5, 5.41) is 4.32. The second-order valence-electron chi connectivity index (χ2n) is 4.93. The standard InChI is InChI=1S/C14H17ClN2O3S/c1-10-8-14(20-16-10)9-21(18,19)17(3)11(2)12-4-6-13(15)7-5-12/h4-8,11H,9H2,1-3H3/t11-/m1/s1. The second kappa shape index (κ2) is 6.17. The maximum absolute atomic E-state index is 12.4. The van der Waals surface area contributed by atoms with E-state index in [0.717, 1.165) is 5.56 Å². The van der Waals surface area contributed by atoms with E-state index in [2.05, 4.69) is 5.16 Å². The van der Waals surface area contributed by atoms with Gasteiger partial charge in [0, 0.05) is 24.2 Å². The van der Waals surface area contributed by atoms with Crippen molar-refractivity contribution in [2.45, 2.75) is 25.6 Å². The van der Waals surface area contributed by atoms with Crippen LogP contribution in [0.1, 0.15) is 30.0 Å². The third kappa shape index (κ3) is 3.84. The molecule has 0 radical (unpaired) electrons. The molecule has 0 unspecified atom stereocenters. The first-order chi connectivity index (χ1) is 9.79. The summed E-state index contributed by atoms with van der Waals surface area (Å²) in [6, 6.07) is 8.45. The molecule has 0 N–H and O–H groups in total. The molecule has 1 heterocycles. The fourth-order valence-electron chi connectivity index (χ4n) is 1.96. The van der Waals surface area contributed by atoms with Crippen LogP contribution in [0.2, 0.25) is 5.02 Å². The normalized spacial score (nSPS) is 13.6. The lowest BCUT2D eigenvalue weighted by Gasteiger charge is -2.24. The van der Waals surface area contributed by atoms with Crippen LogP contribution >= 0.6 is 11.6 Å². The molecule has 2 rings (SSSR count). The van der Waals surface area contributed by atoms with E-state index in [4.69, 9.17) is 16.1 Å². The van der Waals surface area contributed by atoms with Gasteiger partial charge < -0.3 is 4.52 Å². The molecule has 0 fully saturated rings. The first kappa shape index (κ1) is 16.0. The Morgan fingerprint density at radius 1 is 1.33 bits per heavy atom. The number of rotatable bonds is 5. The van der Waals surface area contributed by atoms with Gasteiger partial charge >= 0.3 is 0 Å². The van der Waals surface area contributed by atoms with Crippen molar-refractivity contribution in [1.82, 2.24) is 9.46 Å². The summed E-state index contributed by atoms with van der Waals surface area (Å²) in [4.78, 5) is 0. The van der Waals surface area contributed by atoms with Crippen molar-refractivity contribution >= 4 is 21.6 Å². The molecular formula is C14H17ClN2O3S. The quantitative estimate of drug-likeness (QED) is 0.845. The molecule has 0 saturated carbocycles. The summed E-state index contributed by atoms with van der Waals surface area (Å²) < 4.78 is 31.1. The molecule has 0 aliphatic carbocycles. The summed E-state index contributed by atoms with van der Waals surface area (Å²) in [6.07, 6.45) is 0. The Balaban J connectivity index is 2.17. The zero-order chi connectivity index (χ0) is 15.6. The number of halogens is 1. The van der Waals surface area contributed by atoms with Crippen LogP contribution in [0.3, 0.4) is 0 Å². The number of nitrogens with zero attached hydrogens (tertiary/aromatic N) is 2. The lowest BCUT2D eigenvalue weighted by Crippen LogP contribution is -2.30. The molecule has 2 aromatic rings. The van der Waals surface area contributed by atoms with Gasteiger partial charge in [-0.05, 0) is 31.5 Å². The van der Waals surface area contributed by atoms with Crippen LogP contribution in [-0.2, 0) is 15.8 Å². The maximum Gasteiger partial charge on any atom is 0.221 e. The molecule has 0 amide bonds. The lowest BCUT2D eigenvalue weighted by molar-refractivity contribution is 0.373. The van der Waals surface area contributed by atoms with E-state index >= 15 is 0 Å². The predicted octanol–water partition coefficient (Wildman–Crippen LogP) is 3.16. The number of aryl methyl sites for hydroxylation is 1. The summed E-state index contributed by atoms with van der Waals surface area (Å²) in [5.41, 5.74) is 1.54. The van der Waals surface area contributed by atoms with E-state index < -0.39 is 10.0 Å². The van der Waals surface area contributed by atoms with Crippen molar-refractivity contribution in [1.29, 1.82) is 0 Å². The zero-order valence-electron chi connectivity index (χ0n) is 12.1. The summed E-state index contributed by atoms with van der Waals surface area (Å²) in [6.45, 7) is 3.58. The van der Waals surface area contributed by atoms with E-state index in [9.17, 15) is 8.42 Å². The third-order valence-corrected chi connectivity index (χ3v) is 5.43. The first-order valence-electron chi connectivity index (χ1n) is 6.43.